The molecule has 0 bridgehead atoms. The topological polar surface area (TPSA) is 112 Å². The zero-order chi connectivity index (χ0) is 27.7. The van der Waals surface area contributed by atoms with Crippen LogP contribution in [0.2, 0.25) is 0 Å². The minimum atomic E-state index is -5.08. The second kappa shape index (κ2) is 12.7. The molecular weight excluding hydrogens is 512 g/mol. The number of hydrogen-bond donors (Lipinski definition) is 3. The molecule has 2 aromatic rings. The first-order valence-corrected chi connectivity index (χ1v) is 10.9. The van der Waals surface area contributed by atoms with Crippen molar-refractivity contribution in [3.8, 4) is 0 Å². The number of benzene rings is 1. The molecule has 8 nitrogen and oxygen atoms in total. The minimum absolute atomic E-state index is 0.0290. The second-order valence-corrected chi connectivity index (χ2v) is 8.31. The van der Waals surface area contributed by atoms with E-state index in [9.17, 15) is 26.3 Å². The number of alkyl halides is 6. The SMILES string of the molecule is O=C(O)C(F)(F)F.O=C(O)C(F)(F)F.c1ccc(CN2CCC3(CC(Nc4ccccn4)CO3)C2)cc1. The smallest absolute Gasteiger partial charge is 0.475 e. The Bertz CT molecular complexity index is 924. The molecule has 2 aliphatic rings. The van der Waals surface area contributed by atoms with Crippen molar-refractivity contribution in [1.29, 1.82) is 0 Å². The van der Waals surface area contributed by atoms with Crippen molar-refractivity contribution in [2.75, 3.05) is 25.0 Å². The number of halogens is 6. The molecule has 2 atom stereocenters. The molecule has 1 aromatic carbocycles. The van der Waals surface area contributed by atoms with Crippen molar-refractivity contribution >= 4 is 17.8 Å². The van der Waals surface area contributed by atoms with Crippen molar-refractivity contribution in [3.63, 3.8) is 0 Å². The number of rotatable bonds is 4. The van der Waals surface area contributed by atoms with Gasteiger partial charge in [-0.05, 0) is 24.1 Å². The van der Waals surface area contributed by atoms with E-state index in [1.807, 2.05) is 24.4 Å². The van der Waals surface area contributed by atoms with Crippen molar-refractivity contribution in [2.45, 2.75) is 43.4 Å². The van der Waals surface area contributed by atoms with Crippen molar-refractivity contribution in [3.05, 3.63) is 60.3 Å². The molecule has 2 fully saturated rings. The van der Waals surface area contributed by atoms with Crippen LogP contribution in [-0.2, 0) is 20.9 Å². The molecule has 0 aliphatic carbocycles. The number of nitrogens with zero attached hydrogens (tertiary/aromatic N) is 2. The van der Waals surface area contributed by atoms with Crippen molar-refractivity contribution in [1.82, 2.24) is 9.88 Å². The third-order valence-corrected chi connectivity index (χ3v) is 5.36. The van der Waals surface area contributed by atoms with E-state index in [0.29, 0.717) is 6.04 Å². The van der Waals surface area contributed by atoms with E-state index in [1.54, 1.807) is 0 Å². The molecule has 1 spiro atoms. The lowest BCUT2D eigenvalue weighted by Gasteiger charge is -2.23. The predicted octanol–water partition coefficient (Wildman–Crippen LogP) is 4.19. The third kappa shape index (κ3) is 10.2. The summed E-state index contributed by atoms with van der Waals surface area (Å²) in [7, 11) is 0. The Hall–Kier alpha value is -3.39. The van der Waals surface area contributed by atoms with Gasteiger partial charge in [0.05, 0.1) is 18.2 Å². The van der Waals surface area contributed by atoms with Gasteiger partial charge < -0.3 is 20.3 Å². The van der Waals surface area contributed by atoms with Crippen LogP contribution in [0, 0.1) is 0 Å². The molecule has 204 valence electrons. The van der Waals surface area contributed by atoms with Crippen molar-refractivity contribution < 1.29 is 50.9 Å². The van der Waals surface area contributed by atoms with Gasteiger partial charge in [0.25, 0.3) is 0 Å². The van der Waals surface area contributed by atoms with Gasteiger partial charge in [-0.3, -0.25) is 4.90 Å². The van der Waals surface area contributed by atoms with Gasteiger partial charge in [0.2, 0.25) is 0 Å². The van der Waals surface area contributed by atoms with E-state index >= 15 is 0 Å². The second-order valence-electron chi connectivity index (χ2n) is 8.31. The normalized spacial score (nSPS) is 21.4. The molecule has 2 aliphatic heterocycles. The first-order valence-electron chi connectivity index (χ1n) is 10.9. The summed E-state index contributed by atoms with van der Waals surface area (Å²) in [6.07, 6.45) is -6.15. The number of nitrogens with one attached hydrogen (secondary N) is 1. The molecule has 3 heterocycles. The van der Waals surface area contributed by atoms with Crippen LogP contribution in [0.1, 0.15) is 18.4 Å². The van der Waals surface area contributed by atoms with Crippen LogP contribution < -0.4 is 5.32 Å². The fraction of sp³-hybridized carbons (Fsp3) is 0.435. The predicted molar refractivity (Wildman–Crippen MR) is 119 cm³/mol. The first kappa shape index (κ1) is 29.8. The summed E-state index contributed by atoms with van der Waals surface area (Å²) in [6.45, 7) is 3.94. The Morgan fingerprint density at radius 1 is 1.00 bits per heavy atom. The summed E-state index contributed by atoms with van der Waals surface area (Å²) >= 11 is 0. The zero-order valence-corrected chi connectivity index (χ0v) is 19.3. The van der Waals surface area contributed by atoms with Gasteiger partial charge in [0.1, 0.15) is 5.82 Å². The number of aliphatic carboxylic acids is 2. The molecule has 4 rings (SSSR count). The summed E-state index contributed by atoms with van der Waals surface area (Å²) < 4.78 is 69.7. The molecule has 3 N–H and O–H groups in total. The maximum absolute atomic E-state index is 10.6. The van der Waals surface area contributed by atoms with Gasteiger partial charge in [0.15, 0.2) is 0 Å². The van der Waals surface area contributed by atoms with E-state index in [-0.39, 0.29) is 5.60 Å². The Labute approximate surface area is 207 Å². The highest BCUT2D eigenvalue weighted by Gasteiger charge is 2.45. The monoisotopic (exact) mass is 537 g/mol. The van der Waals surface area contributed by atoms with Crippen LogP contribution in [0.25, 0.3) is 0 Å². The Balaban J connectivity index is 0.000000286. The van der Waals surface area contributed by atoms with E-state index in [2.05, 4.69) is 45.5 Å². The van der Waals surface area contributed by atoms with Gasteiger partial charge in [-0.2, -0.15) is 26.3 Å². The third-order valence-electron chi connectivity index (χ3n) is 5.36. The van der Waals surface area contributed by atoms with Crippen LogP contribution in [0.15, 0.2) is 54.7 Å². The molecule has 37 heavy (non-hydrogen) atoms. The number of ether oxygens (including phenoxy) is 1. The highest BCUT2D eigenvalue weighted by molar-refractivity contribution is 5.73. The summed E-state index contributed by atoms with van der Waals surface area (Å²) in [5.41, 5.74) is 1.41. The van der Waals surface area contributed by atoms with Crippen LogP contribution in [0.3, 0.4) is 0 Å². The Morgan fingerprint density at radius 3 is 2.08 bits per heavy atom. The molecule has 1 aromatic heterocycles. The van der Waals surface area contributed by atoms with E-state index in [4.69, 9.17) is 24.5 Å². The van der Waals surface area contributed by atoms with E-state index < -0.39 is 24.3 Å². The summed E-state index contributed by atoms with van der Waals surface area (Å²) in [6, 6.07) is 17.0. The fourth-order valence-corrected chi connectivity index (χ4v) is 3.78. The van der Waals surface area contributed by atoms with E-state index in [0.717, 1.165) is 44.9 Å². The van der Waals surface area contributed by atoms with Crippen molar-refractivity contribution in [2.24, 2.45) is 0 Å². The minimum Gasteiger partial charge on any atom is -0.475 e. The highest BCUT2D eigenvalue weighted by atomic mass is 19.4. The van der Waals surface area contributed by atoms with Gasteiger partial charge in [-0.1, -0.05) is 36.4 Å². The molecule has 0 saturated carbocycles. The number of hydrogen-bond acceptors (Lipinski definition) is 6. The fourth-order valence-electron chi connectivity index (χ4n) is 3.78. The molecule has 0 radical (unpaired) electrons. The summed E-state index contributed by atoms with van der Waals surface area (Å²) in [4.78, 5) is 24.7. The van der Waals surface area contributed by atoms with Gasteiger partial charge in [-0.25, -0.2) is 14.6 Å². The average Bonchev–Trinajstić information content (AvgIpc) is 3.40. The van der Waals surface area contributed by atoms with Crippen LogP contribution in [-0.4, -0.2) is 75.7 Å². The molecule has 0 amide bonds. The number of carboxylic acid groups (broad SMARTS) is 2. The molecule has 2 unspecified atom stereocenters. The number of carboxylic acids is 2. The standard InChI is InChI=1S/C19H23N3O.2C2HF3O2/c1-2-6-16(7-3-1)13-22-11-9-19(15-22)12-17(14-23-19)21-18-8-4-5-10-20-18;2*3-2(4,5)1(6)7/h1-8,10,17H,9,11-15H2,(H,20,21);2*(H,6,7). The molecule has 14 heteroatoms. The van der Waals surface area contributed by atoms with Crippen LogP contribution in [0.5, 0.6) is 0 Å². The number of anilines is 1. The maximum atomic E-state index is 10.6. The number of carbonyl (C=O) groups is 2. The average molecular weight is 537 g/mol. The lowest BCUT2D eigenvalue weighted by atomic mass is 9.97. The lowest BCUT2D eigenvalue weighted by Crippen LogP contribution is -2.33. The lowest BCUT2D eigenvalue weighted by molar-refractivity contribution is -0.193. The maximum Gasteiger partial charge on any atom is 0.490 e. The van der Waals surface area contributed by atoms with Crippen LogP contribution in [0.4, 0.5) is 32.2 Å². The molecular formula is C23H25F6N3O5. The first-order chi connectivity index (χ1) is 17.2. The van der Waals surface area contributed by atoms with Gasteiger partial charge >= 0.3 is 24.3 Å². The van der Waals surface area contributed by atoms with Gasteiger partial charge in [0, 0.05) is 32.3 Å². The summed E-state index contributed by atoms with van der Waals surface area (Å²) in [5, 5.41) is 17.8. The zero-order valence-electron chi connectivity index (χ0n) is 19.3. The number of aromatic nitrogens is 1. The number of likely N-dealkylation sites (tertiary alicyclic amines) is 1. The quantitative estimate of drug-likeness (QED) is 0.498. The highest BCUT2D eigenvalue weighted by Crippen LogP contribution is 2.36. The number of pyridine rings is 1. The van der Waals surface area contributed by atoms with Crippen LogP contribution >= 0.6 is 0 Å². The van der Waals surface area contributed by atoms with Gasteiger partial charge in [-0.15, -0.1) is 0 Å². The molecule has 2 saturated heterocycles. The largest absolute Gasteiger partial charge is 0.490 e. The Morgan fingerprint density at radius 2 is 1.57 bits per heavy atom. The van der Waals surface area contributed by atoms with E-state index in [1.165, 1.54) is 5.56 Å². The Kier molecular flexibility index (Phi) is 10.3. The summed E-state index contributed by atoms with van der Waals surface area (Å²) in [5.74, 6) is -4.57.